The van der Waals surface area contributed by atoms with Crippen LogP contribution >= 0.6 is 0 Å². The van der Waals surface area contributed by atoms with Crippen LogP contribution in [0.1, 0.15) is 37.1 Å². The van der Waals surface area contributed by atoms with Crippen molar-refractivity contribution >= 4 is 18.0 Å². The fourth-order valence-electron chi connectivity index (χ4n) is 2.99. The Balaban J connectivity index is 1.72. The zero-order valence-corrected chi connectivity index (χ0v) is 14.6. The van der Waals surface area contributed by atoms with Gasteiger partial charge in [0.05, 0.1) is 5.54 Å². The average molecular weight is 394 g/mol. The summed E-state index contributed by atoms with van der Waals surface area (Å²) in [5.41, 5.74) is 6.95. The van der Waals surface area contributed by atoms with Crippen LogP contribution in [0.25, 0.3) is 17.5 Å². The largest absolute Gasteiger partial charge is 0.491 e. The molecule has 0 unspecified atom stereocenters. The third kappa shape index (κ3) is 4.45. The maximum Gasteiger partial charge on any atom is 0.491 e. The van der Waals surface area contributed by atoms with Gasteiger partial charge in [0.2, 0.25) is 0 Å². The Morgan fingerprint density at radius 2 is 1.96 bits per heavy atom. The highest BCUT2D eigenvalue weighted by molar-refractivity contribution is 5.96. The van der Waals surface area contributed by atoms with E-state index in [0.717, 1.165) is 31.8 Å². The molecule has 148 valence electrons. The van der Waals surface area contributed by atoms with Crippen LogP contribution in [0.3, 0.4) is 0 Å². The van der Waals surface area contributed by atoms with Gasteiger partial charge in [-0.2, -0.15) is 18.3 Å². The van der Waals surface area contributed by atoms with E-state index in [-0.39, 0.29) is 0 Å². The molecule has 0 amide bonds. The van der Waals surface area contributed by atoms with E-state index < -0.39 is 23.7 Å². The number of nitrogens with two attached hydrogens (primary N) is 1. The SMILES string of the molecule is NC1(c2nc(-c3cccc(C=CC(=O)OC(=O)C(F)(F)F)c3)n[nH]2)CCCC1. The minimum atomic E-state index is -5.23. The maximum atomic E-state index is 12.1. The first-order chi connectivity index (χ1) is 13.2. The molecule has 0 saturated heterocycles. The third-order valence-corrected chi connectivity index (χ3v) is 4.43. The van der Waals surface area contributed by atoms with Crippen LogP contribution in [-0.4, -0.2) is 33.3 Å². The molecule has 0 aliphatic heterocycles. The predicted octanol–water partition coefficient (Wildman–Crippen LogP) is 2.85. The molecule has 0 atom stereocenters. The maximum absolute atomic E-state index is 12.1. The highest BCUT2D eigenvalue weighted by atomic mass is 19.4. The van der Waals surface area contributed by atoms with E-state index >= 15 is 0 Å². The summed E-state index contributed by atoms with van der Waals surface area (Å²) in [5, 5.41) is 7.05. The van der Waals surface area contributed by atoms with E-state index in [0.29, 0.717) is 22.8 Å². The summed E-state index contributed by atoms with van der Waals surface area (Å²) in [5.74, 6) is -2.96. The molecule has 7 nitrogen and oxygen atoms in total. The van der Waals surface area contributed by atoms with E-state index in [1.165, 1.54) is 6.08 Å². The number of rotatable bonds is 4. The molecule has 0 bridgehead atoms. The van der Waals surface area contributed by atoms with Gasteiger partial charge < -0.3 is 10.5 Å². The van der Waals surface area contributed by atoms with Crippen molar-refractivity contribution in [3.8, 4) is 11.4 Å². The van der Waals surface area contributed by atoms with Crippen molar-refractivity contribution in [3.63, 3.8) is 0 Å². The zero-order chi connectivity index (χ0) is 20.4. The number of nitrogens with zero attached hydrogens (tertiary/aromatic N) is 2. The smallest absolute Gasteiger partial charge is 0.383 e. The van der Waals surface area contributed by atoms with Crippen molar-refractivity contribution in [3.05, 3.63) is 41.7 Å². The molecule has 28 heavy (non-hydrogen) atoms. The fourth-order valence-corrected chi connectivity index (χ4v) is 2.99. The van der Waals surface area contributed by atoms with Gasteiger partial charge in [0.25, 0.3) is 0 Å². The second kappa shape index (κ2) is 7.55. The van der Waals surface area contributed by atoms with Gasteiger partial charge in [0.15, 0.2) is 5.82 Å². The molecule has 1 aliphatic carbocycles. The Labute approximate surface area is 157 Å². The fraction of sp³-hybridized carbons (Fsp3) is 0.333. The first-order valence-corrected chi connectivity index (χ1v) is 8.51. The van der Waals surface area contributed by atoms with Gasteiger partial charge in [-0.3, -0.25) is 5.10 Å². The average Bonchev–Trinajstić information content (AvgIpc) is 3.29. The molecule has 0 radical (unpaired) electrons. The number of ether oxygens (including phenoxy) is 1. The van der Waals surface area contributed by atoms with E-state index in [1.807, 2.05) is 0 Å². The van der Waals surface area contributed by atoms with Crippen molar-refractivity contribution in [1.29, 1.82) is 0 Å². The van der Waals surface area contributed by atoms with Crippen LogP contribution in [0.4, 0.5) is 13.2 Å². The van der Waals surface area contributed by atoms with Crippen molar-refractivity contribution in [2.24, 2.45) is 5.73 Å². The minimum absolute atomic E-state index is 0.414. The molecule has 0 spiro atoms. The van der Waals surface area contributed by atoms with Gasteiger partial charge in [-0.05, 0) is 30.5 Å². The lowest BCUT2D eigenvalue weighted by Crippen LogP contribution is -2.34. The number of benzene rings is 1. The lowest BCUT2D eigenvalue weighted by Gasteiger charge is -2.19. The standard InChI is InChI=1S/C18H17F3N4O3/c19-18(20,21)16(27)28-13(26)7-6-11-4-3-5-12(10-11)14-23-15(25-24-14)17(22)8-1-2-9-17/h3-7,10H,1-2,8-9,22H2,(H,23,24,25). The summed E-state index contributed by atoms with van der Waals surface area (Å²) in [6, 6.07) is 6.67. The van der Waals surface area contributed by atoms with Gasteiger partial charge in [0, 0.05) is 11.6 Å². The number of alkyl halides is 3. The molecule has 1 fully saturated rings. The molecular formula is C18H17F3N4O3. The number of aromatic nitrogens is 3. The number of carbonyl (C=O) groups excluding carboxylic acids is 2. The number of esters is 2. The van der Waals surface area contributed by atoms with Gasteiger partial charge >= 0.3 is 18.1 Å². The van der Waals surface area contributed by atoms with E-state index in [4.69, 9.17) is 5.73 Å². The normalized spacial score (nSPS) is 16.4. The van der Waals surface area contributed by atoms with Crippen molar-refractivity contribution in [2.45, 2.75) is 37.4 Å². The van der Waals surface area contributed by atoms with Crippen LogP contribution in [0.5, 0.6) is 0 Å². The molecule has 1 saturated carbocycles. The summed E-state index contributed by atoms with van der Waals surface area (Å²) in [4.78, 5) is 26.4. The van der Waals surface area contributed by atoms with E-state index in [2.05, 4.69) is 19.9 Å². The molecule has 2 aromatic rings. The van der Waals surface area contributed by atoms with Crippen LogP contribution in [0, 0.1) is 0 Å². The predicted molar refractivity (Wildman–Crippen MR) is 92.3 cm³/mol. The summed E-state index contributed by atoms with van der Waals surface area (Å²) in [7, 11) is 0. The number of hydrogen-bond acceptors (Lipinski definition) is 6. The Kier molecular flexibility index (Phi) is 5.32. The zero-order valence-electron chi connectivity index (χ0n) is 14.6. The van der Waals surface area contributed by atoms with Gasteiger partial charge in [-0.1, -0.05) is 31.0 Å². The molecule has 3 N–H and O–H groups in total. The van der Waals surface area contributed by atoms with Crippen molar-refractivity contribution in [2.75, 3.05) is 0 Å². The van der Waals surface area contributed by atoms with E-state index in [1.54, 1.807) is 24.3 Å². The molecule has 1 aliphatic rings. The number of hydrogen-bond donors (Lipinski definition) is 2. The monoisotopic (exact) mass is 394 g/mol. The van der Waals surface area contributed by atoms with Crippen LogP contribution in [-0.2, 0) is 19.9 Å². The van der Waals surface area contributed by atoms with Gasteiger partial charge in [-0.25, -0.2) is 14.6 Å². The molecule has 10 heteroatoms. The minimum Gasteiger partial charge on any atom is -0.383 e. The van der Waals surface area contributed by atoms with Crippen LogP contribution < -0.4 is 5.73 Å². The number of aromatic amines is 1. The topological polar surface area (TPSA) is 111 Å². The Hall–Kier alpha value is -3.01. The first-order valence-electron chi connectivity index (χ1n) is 8.51. The summed E-state index contributed by atoms with van der Waals surface area (Å²) in [6.45, 7) is 0. The molecule has 3 rings (SSSR count). The Morgan fingerprint density at radius 1 is 1.25 bits per heavy atom. The summed E-state index contributed by atoms with van der Waals surface area (Å²) < 4.78 is 39.9. The highest BCUT2D eigenvalue weighted by Crippen LogP contribution is 2.35. The number of carbonyl (C=O) groups is 2. The number of nitrogens with one attached hydrogen (secondary N) is 1. The van der Waals surface area contributed by atoms with Crippen molar-refractivity contribution < 1.29 is 27.5 Å². The highest BCUT2D eigenvalue weighted by Gasteiger charge is 2.42. The third-order valence-electron chi connectivity index (χ3n) is 4.43. The lowest BCUT2D eigenvalue weighted by atomic mass is 9.98. The number of halogens is 3. The molecule has 1 heterocycles. The van der Waals surface area contributed by atoms with Gasteiger partial charge in [0.1, 0.15) is 5.82 Å². The number of H-pyrrole nitrogens is 1. The summed E-state index contributed by atoms with van der Waals surface area (Å²) >= 11 is 0. The van der Waals surface area contributed by atoms with Crippen LogP contribution in [0.2, 0.25) is 0 Å². The first kappa shape index (κ1) is 19.7. The Bertz CT molecular complexity index is 915. The molecule has 1 aromatic carbocycles. The quantitative estimate of drug-likeness (QED) is 0.469. The molecular weight excluding hydrogens is 377 g/mol. The van der Waals surface area contributed by atoms with Crippen LogP contribution in [0.15, 0.2) is 30.3 Å². The lowest BCUT2D eigenvalue weighted by molar-refractivity contribution is -0.200. The van der Waals surface area contributed by atoms with E-state index in [9.17, 15) is 22.8 Å². The van der Waals surface area contributed by atoms with Crippen molar-refractivity contribution in [1.82, 2.24) is 15.2 Å². The van der Waals surface area contributed by atoms with Gasteiger partial charge in [-0.15, -0.1) is 0 Å². The Morgan fingerprint density at radius 3 is 2.64 bits per heavy atom. The summed E-state index contributed by atoms with van der Waals surface area (Å²) in [6.07, 6.45) is 0.433. The molecule has 1 aromatic heterocycles. The second-order valence-electron chi connectivity index (χ2n) is 6.54. The second-order valence-corrected chi connectivity index (χ2v) is 6.54.